The van der Waals surface area contributed by atoms with E-state index in [9.17, 15) is 9.59 Å². The highest BCUT2D eigenvalue weighted by Gasteiger charge is 2.17. The number of fused-ring (bicyclic) bond motifs is 4. The van der Waals surface area contributed by atoms with Gasteiger partial charge in [-0.25, -0.2) is 15.0 Å². The van der Waals surface area contributed by atoms with Crippen molar-refractivity contribution in [1.29, 1.82) is 0 Å². The van der Waals surface area contributed by atoms with Gasteiger partial charge in [-0.05, 0) is 36.6 Å². The highest BCUT2D eigenvalue weighted by atomic mass is 32.2. The molecule has 0 fully saturated rings. The van der Waals surface area contributed by atoms with Gasteiger partial charge in [-0.15, -0.1) is 11.3 Å². The molecule has 162 valence electrons. The van der Waals surface area contributed by atoms with Gasteiger partial charge in [0.2, 0.25) is 0 Å². The second-order valence-corrected chi connectivity index (χ2v) is 9.91. The molecule has 32 heavy (non-hydrogen) atoms. The number of hydrogen-bond donors (Lipinski definition) is 0. The lowest BCUT2D eigenvalue weighted by atomic mass is 10.1. The van der Waals surface area contributed by atoms with Gasteiger partial charge in [0.1, 0.15) is 15.2 Å². The van der Waals surface area contributed by atoms with Crippen LogP contribution < -0.4 is 11.1 Å². The van der Waals surface area contributed by atoms with Crippen molar-refractivity contribution in [1.82, 2.24) is 23.9 Å². The van der Waals surface area contributed by atoms with E-state index >= 15 is 0 Å². The lowest BCUT2D eigenvalue weighted by Gasteiger charge is -2.13. The number of thioether (sulfide) groups is 1. The quantitative estimate of drug-likeness (QED) is 0.275. The van der Waals surface area contributed by atoms with Crippen molar-refractivity contribution >= 4 is 49.2 Å². The predicted molar refractivity (Wildman–Crippen MR) is 130 cm³/mol. The van der Waals surface area contributed by atoms with Crippen LogP contribution in [0.2, 0.25) is 0 Å². The molecule has 0 N–H and O–H groups in total. The molecule has 5 aromatic rings. The van der Waals surface area contributed by atoms with E-state index < -0.39 is 0 Å². The highest BCUT2D eigenvalue weighted by Crippen LogP contribution is 2.31. The maximum atomic E-state index is 13.4. The van der Waals surface area contributed by atoms with Gasteiger partial charge >= 0.3 is 0 Å². The molecule has 0 aliphatic heterocycles. The third-order valence-electron chi connectivity index (χ3n) is 5.22. The maximum Gasteiger partial charge on any atom is 0.272 e. The molecule has 0 aliphatic carbocycles. The molecule has 0 saturated carbocycles. The monoisotopic (exact) mass is 463 g/mol. The van der Waals surface area contributed by atoms with Crippen LogP contribution in [0.25, 0.3) is 26.1 Å². The summed E-state index contributed by atoms with van der Waals surface area (Å²) in [6, 6.07) is 10.8. The van der Waals surface area contributed by atoms with Crippen LogP contribution in [-0.2, 0) is 12.3 Å². The topological polar surface area (TPSA) is 82.2 Å². The van der Waals surface area contributed by atoms with Crippen molar-refractivity contribution in [2.45, 2.75) is 37.7 Å². The highest BCUT2D eigenvalue weighted by molar-refractivity contribution is 7.98. The molecular formula is C23H21N5O2S2. The van der Waals surface area contributed by atoms with E-state index in [0.717, 1.165) is 16.6 Å². The van der Waals surface area contributed by atoms with Crippen LogP contribution in [0.4, 0.5) is 0 Å². The number of hydrogen-bond acceptors (Lipinski definition) is 7. The fourth-order valence-electron chi connectivity index (χ4n) is 3.55. The van der Waals surface area contributed by atoms with Crippen molar-refractivity contribution in [3.05, 3.63) is 75.2 Å². The number of aromatic nitrogens is 5. The molecule has 0 spiro atoms. The summed E-state index contributed by atoms with van der Waals surface area (Å²) >= 11 is 2.83. The van der Waals surface area contributed by atoms with Crippen LogP contribution >= 0.6 is 23.1 Å². The standard InChI is InChI=1S/C23H21N5O2S2/c1-14(2)8-11-28-22(30)20-19(16-6-5-9-24-21(16)32-20)26-23(28)31-13-15-12-18(29)27-10-4-3-7-17(27)25-15/h3-7,9-10,12,14H,8,11,13H2,1-2H3. The van der Waals surface area contributed by atoms with Gasteiger partial charge in [0, 0.05) is 36.1 Å². The van der Waals surface area contributed by atoms with Crippen LogP contribution in [0.3, 0.4) is 0 Å². The van der Waals surface area contributed by atoms with Crippen molar-refractivity contribution in [2.24, 2.45) is 5.92 Å². The van der Waals surface area contributed by atoms with E-state index in [1.165, 1.54) is 27.5 Å². The minimum absolute atomic E-state index is 0.0345. The molecular weight excluding hydrogens is 442 g/mol. The second kappa shape index (κ2) is 8.48. The van der Waals surface area contributed by atoms with Gasteiger partial charge < -0.3 is 0 Å². The number of rotatable bonds is 6. The van der Waals surface area contributed by atoms with Crippen LogP contribution in [-0.4, -0.2) is 23.9 Å². The minimum Gasteiger partial charge on any atom is -0.286 e. The van der Waals surface area contributed by atoms with Crippen molar-refractivity contribution < 1.29 is 0 Å². The Labute approximate surface area is 191 Å². The average Bonchev–Trinajstić information content (AvgIpc) is 3.16. The fraction of sp³-hybridized carbons (Fsp3) is 0.261. The van der Waals surface area contributed by atoms with Crippen LogP contribution in [0.1, 0.15) is 26.0 Å². The predicted octanol–water partition coefficient (Wildman–Crippen LogP) is 4.35. The van der Waals surface area contributed by atoms with Gasteiger partial charge in [0.05, 0.1) is 11.2 Å². The first-order valence-electron chi connectivity index (χ1n) is 10.4. The Balaban J connectivity index is 1.58. The summed E-state index contributed by atoms with van der Waals surface area (Å²) in [4.78, 5) is 40.5. The molecule has 0 atom stereocenters. The van der Waals surface area contributed by atoms with E-state index in [-0.39, 0.29) is 11.1 Å². The zero-order chi connectivity index (χ0) is 22.2. The average molecular weight is 464 g/mol. The van der Waals surface area contributed by atoms with Gasteiger partial charge in [-0.3, -0.25) is 18.6 Å². The van der Waals surface area contributed by atoms with Crippen LogP contribution in [0.5, 0.6) is 0 Å². The third kappa shape index (κ3) is 3.82. The molecule has 5 rings (SSSR count). The molecule has 7 nitrogen and oxygen atoms in total. The van der Waals surface area contributed by atoms with E-state index in [1.807, 2.05) is 24.3 Å². The first kappa shape index (κ1) is 20.8. The van der Waals surface area contributed by atoms with E-state index in [4.69, 9.17) is 4.98 Å². The van der Waals surface area contributed by atoms with Gasteiger partial charge in [-0.1, -0.05) is 31.7 Å². The van der Waals surface area contributed by atoms with Crippen molar-refractivity contribution in [3.8, 4) is 0 Å². The van der Waals surface area contributed by atoms with Crippen molar-refractivity contribution in [3.63, 3.8) is 0 Å². The van der Waals surface area contributed by atoms with Crippen molar-refractivity contribution in [2.75, 3.05) is 0 Å². The fourth-order valence-corrected chi connectivity index (χ4v) is 5.49. The Morgan fingerprint density at radius 2 is 2.00 bits per heavy atom. The molecule has 0 bridgehead atoms. The number of nitrogens with zero attached hydrogens (tertiary/aromatic N) is 5. The molecule has 0 amide bonds. The number of thiophene rings is 1. The summed E-state index contributed by atoms with van der Waals surface area (Å²) in [5, 5.41) is 1.53. The zero-order valence-corrected chi connectivity index (χ0v) is 19.3. The second-order valence-electron chi connectivity index (χ2n) is 7.97. The van der Waals surface area contributed by atoms with Gasteiger partial charge in [0.25, 0.3) is 11.1 Å². The molecule has 5 aromatic heterocycles. The lowest BCUT2D eigenvalue weighted by molar-refractivity contribution is 0.481. The molecule has 5 heterocycles. The zero-order valence-electron chi connectivity index (χ0n) is 17.7. The van der Waals surface area contributed by atoms with Gasteiger partial charge in [0.15, 0.2) is 5.16 Å². The largest absolute Gasteiger partial charge is 0.286 e. The molecule has 9 heteroatoms. The molecule has 0 saturated heterocycles. The summed E-state index contributed by atoms with van der Waals surface area (Å²) in [5.41, 5.74) is 1.80. The summed E-state index contributed by atoms with van der Waals surface area (Å²) in [6.45, 7) is 4.87. The van der Waals surface area contributed by atoms with Crippen LogP contribution in [0.15, 0.2) is 63.5 Å². The Hall–Kier alpha value is -3.04. The SMILES string of the molecule is CC(C)CCn1c(SCc2cc(=O)n3ccccc3n2)nc2c(sc3ncccc32)c1=O. The van der Waals surface area contributed by atoms with E-state index in [0.29, 0.717) is 44.9 Å². The molecule has 0 radical (unpaired) electrons. The summed E-state index contributed by atoms with van der Waals surface area (Å²) in [5.74, 6) is 0.905. The first-order chi connectivity index (χ1) is 15.5. The van der Waals surface area contributed by atoms with Gasteiger partial charge in [-0.2, -0.15) is 0 Å². The van der Waals surface area contributed by atoms with Crippen LogP contribution in [0, 0.1) is 5.92 Å². The summed E-state index contributed by atoms with van der Waals surface area (Å²) < 4.78 is 3.91. The lowest BCUT2D eigenvalue weighted by Crippen LogP contribution is -2.23. The van der Waals surface area contributed by atoms with E-state index in [2.05, 4.69) is 23.8 Å². The normalized spacial score (nSPS) is 11.8. The molecule has 0 aromatic carbocycles. The Morgan fingerprint density at radius 1 is 1.12 bits per heavy atom. The third-order valence-corrected chi connectivity index (χ3v) is 7.32. The smallest absolute Gasteiger partial charge is 0.272 e. The Morgan fingerprint density at radius 3 is 2.84 bits per heavy atom. The Kier molecular flexibility index (Phi) is 5.52. The molecule has 0 unspecified atom stereocenters. The number of pyridine rings is 2. The minimum atomic E-state index is -0.123. The maximum absolute atomic E-state index is 13.4. The summed E-state index contributed by atoms with van der Waals surface area (Å²) in [6.07, 6.45) is 4.31. The van der Waals surface area contributed by atoms with E-state index in [1.54, 1.807) is 29.1 Å². The molecule has 0 aliphatic rings. The first-order valence-corrected chi connectivity index (χ1v) is 12.2. The Bertz CT molecular complexity index is 1570. The summed E-state index contributed by atoms with van der Waals surface area (Å²) in [7, 11) is 0.